The predicted octanol–water partition coefficient (Wildman–Crippen LogP) is 1.13. The summed E-state index contributed by atoms with van der Waals surface area (Å²) in [6.07, 6.45) is 5.42. The lowest BCUT2D eigenvalue weighted by Gasteiger charge is -2.29. The van der Waals surface area contributed by atoms with Gasteiger partial charge < -0.3 is 10.3 Å². The molecule has 1 atom stereocenters. The third-order valence-corrected chi connectivity index (χ3v) is 2.83. The van der Waals surface area contributed by atoms with Gasteiger partial charge in [0.25, 0.3) is 0 Å². The lowest BCUT2D eigenvalue weighted by molar-refractivity contribution is -0.765. The monoisotopic (exact) mass is 196 g/mol. The fourth-order valence-corrected chi connectivity index (χ4v) is 1.96. The van der Waals surface area contributed by atoms with E-state index in [1.165, 1.54) is 19.3 Å². The lowest BCUT2D eigenvalue weighted by Crippen LogP contribution is -2.48. The van der Waals surface area contributed by atoms with Gasteiger partial charge in [0.2, 0.25) is 6.20 Å². The molecule has 1 aliphatic heterocycles. The van der Waals surface area contributed by atoms with E-state index in [0.29, 0.717) is 6.04 Å². The summed E-state index contributed by atoms with van der Waals surface area (Å²) in [5.74, 6) is 0.128. The maximum absolute atomic E-state index is 7.22. The number of piperidine rings is 1. The van der Waals surface area contributed by atoms with Gasteiger partial charge in [0.1, 0.15) is 5.88 Å². The zero-order chi connectivity index (χ0) is 9.97. The van der Waals surface area contributed by atoms with Gasteiger partial charge in [0.05, 0.1) is 6.04 Å². The Morgan fingerprint density at radius 3 is 3.21 bits per heavy atom. The largest absolute Gasteiger partial charge is 0.660 e. The first-order chi connectivity index (χ1) is 6.75. The molecule has 0 radical (unpaired) electrons. The Balaban J connectivity index is 1.95. The minimum atomic E-state index is 0.128. The van der Waals surface area contributed by atoms with Crippen LogP contribution in [0.1, 0.15) is 19.3 Å². The van der Waals surface area contributed by atoms with Gasteiger partial charge in [0.15, 0.2) is 11.8 Å². The highest BCUT2D eigenvalue weighted by Gasteiger charge is 2.23. The highest BCUT2D eigenvalue weighted by atomic mass is 16.5. The Bertz CT molecular complexity index is 299. The molecule has 1 aromatic heterocycles. The van der Waals surface area contributed by atoms with Gasteiger partial charge in [-0.1, -0.05) is 11.1 Å². The highest BCUT2D eigenvalue weighted by molar-refractivity contribution is 5.19. The number of likely N-dealkylation sites (tertiary alicyclic amines) is 1. The van der Waals surface area contributed by atoms with Gasteiger partial charge in [-0.05, 0) is 26.4 Å². The van der Waals surface area contributed by atoms with E-state index in [1.54, 1.807) is 10.9 Å². The van der Waals surface area contributed by atoms with Crippen LogP contribution in [0, 0.1) is 0 Å². The number of rotatable bonds is 2. The number of aromatic nitrogens is 2. The molecular weight excluding hydrogens is 180 g/mol. The second kappa shape index (κ2) is 3.96. The third kappa shape index (κ3) is 2.04. The van der Waals surface area contributed by atoms with Crippen molar-refractivity contribution in [2.75, 3.05) is 13.6 Å². The lowest BCUT2D eigenvalue weighted by atomic mass is 10.0. The maximum Gasteiger partial charge on any atom is 0.222 e. The van der Waals surface area contributed by atoms with Crippen LogP contribution in [0.15, 0.2) is 10.7 Å². The van der Waals surface area contributed by atoms with Crippen LogP contribution in [0.25, 0.3) is 5.73 Å². The van der Waals surface area contributed by atoms with Crippen molar-refractivity contribution in [1.29, 1.82) is 0 Å². The SMILES string of the molecule is CN1CCCCC1C[n+]1cc([NH-])on1. The molecule has 5 heteroatoms. The molecule has 1 fully saturated rings. The Morgan fingerprint density at radius 1 is 1.71 bits per heavy atom. The quantitative estimate of drug-likeness (QED) is 0.666. The van der Waals surface area contributed by atoms with Crippen molar-refractivity contribution < 1.29 is 9.20 Å². The van der Waals surface area contributed by atoms with Gasteiger partial charge in [-0.15, -0.1) is 0 Å². The Hall–Kier alpha value is -1.10. The molecule has 14 heavy (non-hydrogen) atoms. The summed E-state index contributed by atoms with van der Waals surface area (Å²) in [4.78, 5) is 2.36. The smallest absolute Gasteiger partial charge is 0.222 e. The van der Waals surface area contributed by atoms with Crippen LogP contribution in [-0.2, 0) is 6.54 Å². The van der Waals surface area contributed by atoms with E-state index in [9.17, 15) is 0 Å². The van der Waals surface area contributed by atoms with Gasteiger partial charge in [-0.25, -0.2) is 0 Å². The van der Waals surface area contributed by atoms with Crippen molar-refractivity contribution >= 4 is 5.88 Å². The number of nitrogens with one attached hydrogen (secondary N) is 1. The molecule has 1 saturated heterocycles. The van der Waals surface area contributed by atoms with Crippen molar-refractivity contribution in [3.63, 3.8) is 0 Å². The molecule has 2 heterocycles. The average molecular weight is 196 g/mol. The molecule has 2 rings (SSSR count). The fraction of sp³-hybridized carbons (Fsp3) is 0.778. The number of nitrogens with zero attached hydrogens (tertiary/aromatic N) is 3. The van der Waals surface area contributed by atoms with Gasteiger partial charge >= 0.3 is 0 Å². The molecule has 1 N–H and O–H groups in total. The molecule has 78 valence electrons. The van der Waals surface area contributed by atoms with Crippen LogP contribution < -0.4 is 4.68 Å². The first-order valence-corrected chi connectivity index (χ1v) is 5.04. The summed E-state index contributed by atoms with van der Waals surface area (Å²) < 4.78 is 6.42. The van der Waals surface area contributed by atoms with E-state index in [1.807, 2.05) is 0 Å². The molecule has 1 unspecified atom stereocenters. The molecule has 0 saturated carbocycles. The molecule has 0 aliphatic carbocycles. The van der Waals surface area contributed by atoms with Crippen molar-refractivity contribution in [3.8, 4) is 0 Å². The summed E-state index contributed by atoms with van der Waals surface area (Å²) in [5.41, 5.74) is 7.22. The minimum absolute atomic E-state index is 0.128. The standard InChI is InChI=1S/C9H16N4O/c1-12-5-3-2-4-8(12)6-13-7-9(10)14-11-13/h7-8,10H,2-6H2,1H3. The molecular formula is C9H16N4O. The predicted molar refractivity (Wildman–Crippen MR) is 50.9 cm³/mol. The maximum atomic E-state index is 7.22. The van der Waals surface area contributed by atoms with E-state index >= 15 is 0 Å². The van der Waals surface area contributed by atoms with Gasteiger partial charge in [-0.3, -0.25) is 4.90 Å². The number of likely N-dealkylation sites (N-methyl/N-ethyl adjacent to an activating group) is 1. The normalized spacial score (nSPS) is 23.9. The second-order valence-corrected chi connectivity index (χ2v) is 3.92. The summed E-state index contributed by atoms with van der Waals surface area (Å²) >= 11 is 0. The Kier molecular flexibility index (Phi) is 2.67. The molecule has 0 amide bonds. The molecule has 1 aliphatic rings. The van der Waals surface area contributed by atoms with Crippen molar-refractivity contribution in [2.24, 2.45) is 0 Å². The first-order valence-electron chi connectivity index (χ1n) is 5.04. The van der Waals surface area contributed by atoms with Crippen LogP contribution >= 0.6 is 0 Å². The van der Waals surface area contributed by atoms with Crippen LogP contribution in [0.4, 0.5) is 5.88 Å². The number of hydrogen-bond acceptors (Lipinski definition) is 3. The van der Waals surface area contributed by atoms with E-state index in [-0.39, 0.29) is 5.88 Å². The third-order valence-electron chi connectivity index (χ3n) is 2.83. The van der Waals surface area contributed by atoms with E-state index in [4.69, 9.17) is 10.3 Å². The highest BCUT2D eigenvalue weighted by Crippen LogP contribution is 2.15. The van der Waals surface area contributed by atoms with Gasteiger partial charge in [0, 0.05) is 0 Å². The Morgan fingerprint density at radius 2 is 2.57 bits per heavy atom. The van der Waals surface area contributed by atoms with E-state index < -0.39 is 0 Å². The van der Waals surface area contributed by atoms with Crippen molar-refractivity contribution in [1.82, 2.24) is 10.2 Å². The van der Waals surface area contributed by atoms with Crippen molar-refractivity contribution in [2.45, 2.75) is 31.8 Å². The molecule has 1 aromatic rings. The molecule has 0 bridgehead atoms. The zero-order valence-corrected chi connectivity index (χ0v) is 8.44. The topological polar surface area (TPSA) is 57.0 Å². The summed E-state index contributed by atoms with van der Waals surface area (Å²) in [6, 6.07) is 0.540. The zero-order valence-electron chi connectivity index (χ0n) is 8.44. The van der Waals surface area contributed by atoms with Crippen LogP contribution in [0.5, 0.6) is 0 Å². The minimum Gasteiger partial charge on any atom is -0.660 e. The van der Waals surface area contributed by atoms with Crippen molar-refractivity contribution in [3.05, 3.63) is 11.9 Å². The summed E-state index contributed by atoms with van der Waals surface area (Å²) in [6.45, 7) is 2.00. The summed E-state index contributed by atoms with van der Waals surface area (Å²) in [7, 11) is 2.14. The average Bonchev–Trinajstić information content (AvgIpc) is 2.56. The van der Waals surface area contributed by atoms with Crippen LogP contribution in [0.3, 0.4) is 0 Å². The Labute approximate surface area is 83.4 Å². The molecule has 0 spiro atoms. The first kappa shape index (κ1) is 9.45. The second-order valence-electron chi connectivity index (χ2n) is 3.92. The van der Waals surface area contributed by atoms with Crippen LogP contribution in [-0.4, -0.2) is 29.8 Å². The van der Waals surface area contributed by atoms with E-state index in [2.05, 4.69) is 17.2 Å². The van der Waals surface area contributed by atoms with Gasteiger partial charge in [-0.2, -0.15) is 0 Å². The van der Waals surface area contributed by atoms with Crippen LogP contribution in [0.2, 0.25) is 0 Å². The fourth-order valence-electron chi connectivity index (χ4n) is 1.96. The number of hydrogen-bond donors (Lipinski definition) is 0. The molecule has 5 nitrogen and oxygen atoms in total. The molecule has 0 aromatic carbocycles. The summed E-state index contributed by atoms with van der Waals surface area (Å²) in [5, 5.41) is 3.77. The van der Waals surface area contributed by atoms with E-state index in [0.717, 1.165) is 13.1 Å².